The summed E-state index contributed by atoms with van der Waals surface area (Å²) in [7, 11) is 3.21. The maximum atomic E-state index is 11.7. The van der Waals surface area contributed by atoms with Gasteiger partial charge in [0.15, 0.2) is 17.5 Å². The first-order valence-electron chi connectivity index (χ1n) is 9.75. The van der Waals surface area contributed by atoms with E-state index in [0.29, 0.717) is 30.4 Å². The van der Waals surface area contributed by atoms with Crippen LogP contribution in [-0.4, -0.2) is 32.6 Å². The molecular weight excluding hydrogens is 368 g/mol. The zero-order chi connectivity index (χ0) is 21.1. The lowest BCUT2D eigenvalue weighted by Crippen LogP contribution is -2.30. The van der Waals surface area contributed by atoms with Crippen LogP contribution >= 0.6 is 0 Å². The number of methoxy groups -OCH3 is 2. The molecule has 0 bridgehead atoms. The number of carbonyl (C=O) groups excluding carboxylic acids is 1. The number of rotatable bonds is 9. The smallest absolute Gasteiger partial charge is 0.224 e. The molecule has 156 valence electrons. The van der Waals surface area contributed by atoms with Crippen LogP contribution in [0, 0.1) is 0 Å². The molecule has 1 amide bonds. The number of hydrogen-bond donors (Lipinski definition) is 3. The van der Waals surface area contributed by atoms with Crippen molar-refractivity contribution < 1.29 is 14.3 Å². The summed E-state index contributed by atoms with van der Waals surface area (Å²) in [6.45, 7) is 5.24. The highest BCUT2D eigenvalue weighted by Gasteiger charge is 2.06. The summed E-state index contributed by atoms with van der Waals surface area (Å²) >= 11 is 0. The van der Waals surface area contributed by atoms with Crippen LogP contribution in [0.15, 0.2) is 47.5 Å². The molecule has 7 heteroatoms. The van der Waals surface area contributed by atoms with Gasteiger partial charge in [0.05, 0.1) is 20.8 Å². The molecule has 0 saturated carbocycles. The standard InChI is InChI=1S/C22H30N4O3/c1-5-7-21(27)25-17-10-8-16(9-11-17)15-24-22(23-6-2)26-18-12-13-19(28-3)20(14-18)29-4/h8-14H,5-7,15H2,1-4H3,(H,25,27)(H2,23,24,26). The number of nitrogens with one attached hydrogen (secondary N) is 3. The molecule has 29 heavy (non-hydrogen) atoms. The Morgan fingerprint density at radius 2 is 1.62 bits per heavy atom. The van der Waals surface area contributed by atoms with Crippen molar-refractivity contribution in [3.05, 3.63) is 48.0 Å². The monoisotopic (exact) mass is 398 g/mol. The van der Waals surface area contributed by atoms with Crippen LogP contribution in [0.4, 0.5) is 11.4 Å². The van der Waals surface area contributed by atoms with Gasteiger partial charge in [-0.05, 0) is 43.2 Å². The van der Waals surface area contributed by atoms with Gasteiger partial charge in [-0.3, -0.25) is 4.79 Å². The first-order valence-corrected chi connectivity index (χ1v) is 9.75. The molecule has 3 N–H and O–H groups in total. The quantitative estimate of drug-likeness (QED) is 0.439. The third kappa shape index (κ3) is 7.03. The third-order valence-corrected chi connectivity index (χ3v) is 4.13. The number of aliphatic imine (C=N–C) groups is 1. The predicted octanol–water partition coefficient (Wildman–Crippen LogP) is 4.02. The fourth-order valence-corrected chi connectivity index (χ4v) is 2.67. The van der Waals surface area contributed by atoms with Crippen molar-refractivity contribution in [2.45, 2.75) is 33.2 Å². The summed E-state index contributed by atoms with van der Waals surface area (Å²) in [6.07, 6.45) is 1.36. The maximum absolute atomic E-state index is 11.7. The van der Waals surface area contributed by atoms with E-state index in [9.17, 15) is 4.79 Å². The summed E-state index contributed by atoms with van der Waals surface area (Å²) in [6, 6.07) is 13.3. The predicted molar refractivity (Wildman–Crippen MR) is 118 cm³/mol. The van der Waals surface area contributed by atoms with E-state index in [-0.39, 0.29) is 5.91 Å². The number of amides is 1. The van der Waals surface area contributed by atoms with E-state index in [1.807, 2.05) is 56.3 Å². The number of nitrogens with zero attached hydrogens (tertiary/aromatic N) is 1. The van der Waals surface area contributed by atoms with Crippen molar-refractivity contribution in [1.29, 1.82) is 0 Å². The minimum atomic E-state index is 0.0341. The topological polar surface area (TPSA) is 84.0 Å². The van der Waals surface area contributed by atoms with Gasteiger partial charge in [0.2, 0.25) is 5.91 Å². The molecule has 2 aromatic carbocycles. The molecule has 0 aliphatic heterocycles. The number of hydrogen-bond acceptors (Lipinski definition) is 4. The van der Waals surface area contributed by atoms with Crippen molar-refractivity contribution in [1.82, 2.24) is 5.32 Å². The van der Waals surface area contributed by atoms with Crippen molar-refractivity contribution in [2.75, 3.05) is 31.4 Å². The molecule has 0 aromatic heterocycles. The average Bonchev–Trinajstić information content (AvgIpc) is 2.73. The van der Waals surface area contributed by atoms with Crippen LogP contribution in [0.25, 0.3) is 0 Å². The van der Waals surface area contributed by atoms with Gasteiger partial charge in [-0.25, -0.2) is 4.99 Å². The Balaban J connectivity index is 2.04. The van der Waals surface area contributed by atoms with Crippen molar-refractivity contribution in [2.24, 2.45) is 4.99 Å². The fraction of sp³-hybridized carbons (Fsp3) is 0.364. The van der Waals surface area contributed by atoms with Crippen LogP contribution in [-0.2, 0) is 11.3 Å². The number of benzene rings is 2. The number of ether oxygens (including phenoxy) is 2. The van der Waals surface area contributed by atoms with Gasteiger partial charge in [-0.2, -0.15) is 0 Å². The van der Waals surface area contributed by atoms with Crippen LogP contribution < -0.4 is 25.4 Å². The lowest BCUT2D eigenvalue weighted by Gasteiger charge is -2.14. The maximum Gasteiger partial charge on any atom is 0.224 e. The lowest BCUT2D eigenvalue weighted by molar-refractivity contribution is -0.116. The molecule has 0 aliphatic carbocycles. The molecular formula is C22H30N4O3. The van der Waals surface area contributed by atoms with Crippen LogP contribution in [0.3, 0.4) is 0 Å². The Kier molecular flexibility index (Phi) is 8.82. The van der Waals surface area contributed by atoms with Gasteiger partial charge in [0.25, 0.3) is 0 Å². The van der Waals surface area contributed by atoms with Gasteiger partial charge in [0.1, 0.15) is 0 Å². The minimum absolute atomic E-state index is 0.0341. The average molecular weight is 399 g/mol. The van der Waals surface area contributed by atoms with Crippen molar-refractivity contribution >= 4 is 23.2 Å². The Bertz CT molecular complexity index is 819. The van der Waals surface area contributed by atoms with Gasteiger partial charge < -0.3 is 25.4 Å². The molecule has 0 atom stereocenters. The van der Waals surface area contributed by atoms with E-state index in [2.05, 4.69) is 20.9 Å². The first kappa shape index (κ1) is 22.1. The fourth-order valence-electron chi connectivity index (χ4n) is 2.67. The lowest BCUT2D eigenvalue weighted by atomic mass is 10.2. The number of anilines is 2. The Morgan fingerprint density at radius 3 is 2.24 bits per heavy atom. The molecule has 2 aromatic rings. The first-order chi connectivity index (χ1) is 14.1. The summed E-state index contributed by atoms with van der Waals surface area (Å²) in [5.41, 5.74) is 2.69. The second-order valence-electron chi connectivity index (χ2n) is 6.39. The number of guanidine groups is 1. The van der Waals surface area contributed by atoms with E-state index in [0.717, 1.165) is 29.9 Å². The SMILES string of the molecule is CCCC(=O)Nc1ccc(CN=C(NCC)Nc2ccc(OC)c(OC)c2)cc1. The van der Waals surface area contributed by atoms with Crippen LogP contribution in [0.1, 0.15) is 32.3 Å². The highest BCUT2D eigenvalue weighted by molar-refractivity contribution is 5.94. The largest absolute Gasteiger partial charge is 0.493 e. The summed E-state index contributed by atoms with van der Waals surface area (Å²) in [5.74, 6) is 2.02. The van der Waals surface area contributed by atoms with Crippen molar-refractivity contribution in [3.63, 3.8) is 0 Å². The molecule has 0 saturated heterocycles. The van der Waals surface area contributed by atoms with Gasteiger partial charge in [-0.15, -0.1) is 0 Å². The van der Waals surface area contributed by atoms with Crippen LogP contribution in [0.2, 0.25) is 0 Å². The molecule has 2 rings (SSSR count). The Hall–Kier alpha value is -3.22. The molecule has 0 fully saturated rings. The Morgan fingerprint density at radius 1 is 0.931 bits per heavy atom. The summed E-state index contributed by atoms with van der Waals surface area (Å²) < 4.78 is 10.6. The normalized spacial score (nSPS) is 11.0. The molecule has 0 unspecified atom stereocenters. The second kappa shape index (κ2) is 11.6. The third-order valence-electron chi connectivity index (χ3n) is 4.13. The van der Waals surface area contributed by atoms with E-state index in [4.69, 9.17) is 9.47 Å². The van der Waals surface area contributed by atoms with Crippen LogP contribution in [0.5, 0.6) is 11.5 Å². The molecule has 7 nitrogen and oxygen atoms in total. The van der Waals surface area contributed by atoms with E-state index >= 15 is 0 Å². The minimum Gasteiger partial charge on any atom is -0.493 e. The molecule has 0 radical (unpaired) electrons. The number of carbonyl (C=O) groups is 1. The van der Waals surface area contributed by atoms with E-state index in [1.165, 1.54) is 0 Å². The van der Waals surface area contributed by atoms with E-state index in [1.54, 1.807) is 14.2 Å². The highest BCUT2D eigenvalue weighted by atomic mass is 16.5. The summed E-state index contributed by atoms with van der Waals surface area (Å²) in [5, 5.41) is 9.39. The second-order valence-corrected chi connectivity index (χ2v) is 6.39. The van der Waals surface area contributed by atoms with Gasteiger partial charge in [0, 0.05) is 30.4 Å². The van der Waals surface area contributed by atoms with Gasteiger partial charge >= 0.3 is 0 Å². The van der Waals surface area contributed by atoms with Crippen molar-refractivity contribution in [3.8, 4) is 11.5 Å². The molecule has 0 spiro atoms. The zero-order valence-electron chi connectivity index (χ0n) is 17.5. The van der Waals surface area contributed by atoms with E-state index < -0.39 is 0 Å². The summed E-state index contributed by atoms with van der Waals surface area (Å²) in [4.78, 5) is 16.3. The molecule has 0 aliphatic rings. The Labute approximate surface area is 172 Å². The zero-order valence-corrected chi connectivity index (χ0v) is 17.5. The highest BCUT2D eigenvalue weighted by Crippen LogP contribution is 2.29. The van der Waals surface area contributed by atoms with Gasteiger partial charge in [-0.1, -0.05) is 19.1 Å². The molecule has 0 heterocycles.